The highest BCUT2D eigenvalue weighted by molar-refractivity contribution is 7.86. The first kappa shape index (κ1) is 17.2. The quantitative estimate of drug-likeness (QED) is 0.786. The van der Waals surface area contributed by atoms with Crippen molar-refractivity contribution in [3.05, 3.63) is 29.8 Å². The Balaban J connectivity index is 0.00000289. The zero-order chi connectivity index (χ0) is 12.7. The number of aryl methyl sites for hydroxylation is 1. The van der Waals surface area contributed by atoms with E-state index in [9.17, 15) is 12.3 Å². The van der Waals surface area contributed by atoms with Crippen molar-refractivity contribution < 1.29 is 12.3 Å². The van der Waals surface area contributed by atoms with Gasteiger partial charge in [0.15, 0.2) is 0 Å². The van der Waals surface area contributed by atoms with Gasteiger partial charge in [-0.05, 0) is 30.5 Å². The molecule has 1 aromatic rings. The Bertz CT molecular complexity index is 434. The number of hydrogen-bond donors (Lipinski definition) is 1. The topological polar surface area (TPSA) is 46.2 Å². The molecule has 0 heterocycles. The summed E-state index contributed by atoms with van der Waals surface area (Å²) < 4.78 is 32.8. The first-order chi connectivity index (χ1) is 8.01. The SMILES string of the molecule is CCCCc1ccc(NCCS(=O)(=O)F)cc1.Cl. The van der Waals surface area contributed by atoms with Crippen molar-refractivity contribution in [2.75, 3.05) is 17.6 Å². The van der Waals surface area contributed by atoms with Crippen molar-refractivity contribution in [3.63, 3.8) is 0 Å². The lowest BCUT2D eigenvalue weighted by Crippen LogP contribution is -2.11. The smallest absolute Gasteiger partial charge is 0.304 e. The van der Waals surface area contributed by atoms with Crippen molar-refractivity contribution in [2.45, 2.75) is 26.2 Å². The second kappa shape index (κ2) is 8.32. The predicted molar refractivity (Wildman–Crippen MR) is 75.7 cm³/mol. The minimum absolute atomic E-state index is 0. The summed E-state index contributed by atoms with van der Waals surface area (Å²) >= 11 is 0. The fraction of sp³-hybridized carbons (Fsp3) is 0.500. The molecule has 0 aliphatic rings. The van der Waals surface area contributed by atoms with Crippen molar-refractivity contribution in [1.82, 2.24) is 0 Å². The molecule has 0 unspecified atom stereocenters. The molecule has 1 N–H and O–H groups in total. The molecule has 0 aromatic heterocycles. The zero-order valence-electron chi connectivity index (χ0n) is 10.4. The van der Waals surface area contributed by atoms with Crippen LogP contribution in [0.4, 0.5) is 9.57 Å². The summed E-state index contributed by atoms with van der Waals surface area (Å²) in [6.07, 6.45) is 3.37. The van der Waals surface area contributed by atoms with E-state index in [0.29, 0.717) is 0 Å². The molecule has 1 rings (SSSR count). The lowest BCUT2D eigenvalue weighted by atomic mass is 10.1. The highest BCUT2D eigenvalue weighted by atomic mass is 35.5. The summed E-state index contributed by atoms with van der Waals surface area (Å²) in [6.45, 7) is 2.24. The first-order valence-corrected chi connectivity index (χ1v) is 7.31. The van der Waals surface area contributed by atoms with Gasteiger partial charge >= 0.3 is 10.2 Å². The summed E-state index contributed by atoms with van der Waals surface area (Å²) in [6, 6.07) is 7.77. The maximum Gasteiger partial charge on any atom is 0.304 e. The number of anilines is 1. The average molecular weight is 296 g/mol. The molecule has 0 aliphatic heterocycles. The van der Waals surface area contributed by atoms with Gasteiger partial charge in [0.25, 0.3) is 0 Å². The maximum atomic E-state index is 12.2. The standard InChI is InChI=1S/C12H18FNO2S.ClH/c1-2-3-4-11-5-7-12(8-6-11)14-9-10-17(13,15)16;/h5-8,14H,2-4,9-10H2,1H3;1H. The molecular formula is C12H19ClFNO2S. The van der Waals surface area contributed by atoms with Crippen molar-refractivity contribution in [2.24, 2.45) is 0 Å². The van der Waals surface area contributed by atoms with Gasteiger partial charge in [0, 0.05) is 12.2 Å². The highest BCUT2D eigenvalue weighted by Crippen LogP contribution is 2.11. The number of hydrogen-bond acceptors (Lipinski definition) is 3. The van der Waals surface area contributed by atoms with E-state index >= 15 is 0 Å². The minimum Gasteiger partial charge on any atom is -0.384 e. The molecule has 0 amide bonds. The Morgan fingerprint density at radius 3 is 2.33 bits per heavy atom. The van der Waals surface area contributed by atoms with Crippen molar-refractivity contribution in [1.29, 1.82) is 0 Å². The highest BCUT2D eigenvalue weighted by Gasteiger charge is 2.05. The van der Waals surface area contributed by atoms with Crippen molar-refractivity contribution in [3.8, 4) is 0 Å². The van der Waals surface area contributed by atoms with Crippen LogP contribution in [0.2, 0.25) is 0 Å². The summed E-state index contributed by atoms with van der Waals surface area (Å²) in [5.74, 6) is -0.495. The molecular weight excluding hydrogens is 277 g/mol. The van der Waals surface area contributed by atoms with Crippen LogP contribution in [0.15, 0.2) is 24.3 Å². The van der Waals surface area contributed by atoms with Crippen LogP contribution in [0.5, 0.6) is 0 Å². The Labute approximate surface area is 114 Å². The maximum absolute atomic E-state index is 12.2. The molecule has 1 aromatic carbocycles. The van der Waals surface area contributed by atoms with Crippen LogP contribution in [0, 0.1) is 0 Å². The zero-order valence-corrected chi connectivity index (χ0v) is 12.0. The Kier molecular flexibility index (Phi) is 7.95. The van der Waals surface area contributed by atoms with Crippen LogP contribution in [-0.4, -0.2) is 20.7 Å². The molecule has 104 valence electrons. The Morgan fingerprint density at radius 2 is 1.83 bits per heavy atom. The van der Waals surface area contributed by atoms with Gasteiger partial charge in [0.05, 0.1) is 5.75 Å². The summed E-state index contributed by atoms with van der Waals surface area (Å²) in [7, 11) is -4.38. The predicted octanol–water partition coefficient (Wildman–Crippen LogP) is 3.16. The third-order valence-electron chi connectivity index (χ3n) is 2.45. The van der Waals surface area contributed by atoms with Gasteiger partial charge in [0.2, 0.25) is 0 Å². The van der Waals surface area contributed by atoms with Crippen LogP contribution in [-0.2, 0) is 16.6 Å². The number of halogens is 2. The van der Waals surface area contributed by atoms with Crippen LogP contribution in [0.3, 0.4) is 0 Å². The van der Waals surface area contributed by atoms with E-state index in [2.05, 4.69) is 12.2 Å². The van der Waals surface area contributed by atoms with Gasteiger partial charge in [-0.25, -0.2) is 0 Å². The monoisotopic (exact) mass is 295 g/mol. The van der Waals surface area contributed by atoms with Gasteiger partial charge in [-0.15, -0.1) is 16.3 Å². The fourth-order valence-corrected chi connectivity index (χ4v) is 1.83. The Morgan fingerprint density at radius 1 is 1.22 bits per heavy atom. The van der Waals surface area contributed by atoms with Crippen LogP contribution in [0.1, 0.15) is 25.3 Å². The van der Waals surface area contributed by atoms with Crippen LogP contribution < -0.4 is 5.32 Å². The van der Waals surface area contributed by atoms with Crippen molar-refractivity contribution >= 4 is 28.3 Å². The van der Waals surface area contributed by atoms with Gasteiger partial charge in [-0.3, -0.25) is 0 Å². The second-order valence-corrected chi connectivity index (χ2v) is 5.46. The molecule has 6 heteroatoms. The Hall–Kier alpha value is -0.810. The van der Waals surface area contributed by atoms with E-state index in [1.807, 2.05) is 24.3 Å². The van der Waals surface area contributed by atoms with Gasteiger partial charge in [-0.2, -0.15) is 8.42 Å². The lowest BCUT2D eigenvalue weighted by molar-refractivity contribution is 0.552. The molecule has 0 fully saturated rings. The van der Waals surface area contributed by atoms with Gasteiger partial charge in [-0.1, -0.05) is 25.5 Å². The third kappa shape index (κ3) is 7.50. The minimum atomic E-state index is -4.38. The summed E-state index contributed by atoms with van der Waals surface area (Å²) in [4.78, 5) is 0. The second-order valence-electron chi connectivity index (χ2n) is 3.97. The van der Waals surface area contributed by atoms with Crippen LogP contribution >= 0.6 is 12.4 Å². The van der Waals surface area contributed by atoms with E-state index in [1.54, 1.807) is 0 Å². The molecule has 0 saturated carbocycles. The normalized spacial score (nSPS) is 10.8. The number of rotatable bonds is 7. The van der Waals surface area contributed by atoms with Gasteiger partial charge < -0.3 is 5.32 Å². The molecule has 0 radical (unpaired) electrons. The third-order valence-corrected chi connectivity index (χ3v) is 3.14. The van der Waals surface area contributed by atoms with E-state index in [4.69, 9.17) is 0 Å². The molecule has 0 spiro atoms. The molecule has 18 heavy (non-hydrogen) atoms. The number of unbranched alkanes of at least 4 members (excludes halogenated alkanes) is 1. The molecule has 0 aliphatic carbocycles. The van der Waals surface area contributed by atoms with Crippen LogP contribution in [0.25, 0.3) is 0 Å². The summed E-state index contributed by atoms with van der Waals surface area (Å²) in [5.41, 5.74) is 2.07. The van der Waals surface area contributed by atoms with E-state index < -0.39 is 16.0 Å². The van der Waals surface area contributed by atoms with Gasteiger partial charge in [0.1, 0.15) is 0 Å². The number of benzene rings is 1. The molecule has 3 nitrogen and oxygen atoms in total. The average Bonchev–Trinajstić information content (AvgIpc) is 2.26. The number of nitrogens with one attached hydrogen (secondary N) is 1. The lowest BCUT2D eigenvalue weighted by Gasteiger charge is -2.06. The van der Waals surface area contributed by atoms with E-state index in [-0.39, 0.29) is 19.0 Å². The van der Waals surface area contributed by atoms with E-state index in [0.717, 1.165) is 24.9 Å². The summed E-state index contributed by atoms with van der Waals surface area (Å²) in [5, 5.41) is 2.87. The van der Waals surface area contributed by atoms with E-state index in [1.165, 1.54) is 5.56 Å². The fourth-order valence-electron chi connectivity index (χ4n) is 1.49. The molecule has 0 atom stereocenters. The molecule has 0 saturated heterocycles. The molecule has 0 bridgehead atoms. The first-order valence-electron chi connectivity index (χ1n) is 5.76. The largest absolute Gasteiger partial charge is 0.384 e.